The van der Waals surface area contributed by atoms with Crippen molar-refractivity contribution in [2.24, 2.45) is 0 Å². The van der Waals surface area contributed by atoms with E-state index in [2.05, 4.69) is 99.0 Å². The molecule has 84 heavy (non-hydrogen) atoms. The van der Waals surface area contributed by atoms with Crippen LogP contribution in [0.25, 0.3) is 0 Å². The molecule has 0 saturated heterocycles. The number of unbranched alkanes of at least 4 members (excludes halogenated alkanes) is 36. The maximum atomic E-state index is 13.6. The summed E-state index contributed by atoms with van der Waals surface area (Å²) in [6.07, 6.45) is 84.4. The first kappa shape index (κ1) is 81.2. The van der Waals surface area contributed by atoms with Crippen molar-refractivity contribution in [1.82, 2.24) is 5.32 Å². The first-order valence-corrected chi connectivity index (χ1v) is 36.9. The van der Waals surface area contributed by atoms with Gasteiger partial charge in [0.05, 0.1) is 33.8 Å². The highest BCUT2D eigenvalue weighted by atomic mass is 31.2. The minimum Gasteiger partial charge on any atom is -0.756 e. The number of phosphoric acid groups is 1. The number of phosphoric ester groups is 1. The summed E-state index contributed by atoms with van der Waals surface area (Å²) >= 11 is 0. The fourth-order valence-electron chi connectivity index (χ4n) is 10.2. The molecule has 0 aliphatic heterocycles. The van der Waals surface area contributed by atoms with E-state index in [1.807, 2.05) is 33.3 Å². The van der Waals surface area contributed by atoms with Crippen LogP contribution in [0.4, 0.5) is 0 Å². The minimum absolute atomic E-state index is 0.0329. The van der Waals surface area contributed by atoms with Crippen molar-refractivity contribution in [3.8, 4) is 0 Å². The lowest BCUT2D eigenvalue weighted by molar-refractivity contribution is -0.870. The van der Waals surface area contributed by atoms with Crippen LogP contribution in [0.2, 0.25) is 0 Å². The fourth-order valence-corrected chi connectivity index (χ4v) is 10.9. The van der Waals surface area contributed by atoms with Gasteiger partial charge < -0.3 is 28.5 Å². The van der Waals surface area contributed by atoms with Crippen LogP contribution in [-0.4, -0.2) is 69.4 Å². The number of allylic oxidation sites excluding steroid dienone is 13. The second-order valence-electron chi connectivity index (χ2n) is 25.0. The minimum atomic E-state index is -4.72. The molecule has 0 aliphatic carbocycles. The molecular weight excluding hydrogens is 1060 g/mol. The molecule has 0 radical (unpaired) electrons. The third kappa shape index (κ3) is 63.7. The van der Waals surface area contributed by atoms with Crippen LogP contribution in [0, 0.1) is 0 Å². The van der Waals surface area contributed by atoms with E-state index in [-0.39, 0.29) is 31.3 Å². The van der Waals surface area contributed by atoms with Crippen LogP contribution in [0.5, 0.6) is 0 Å². The number of carbonyl (C=O) groups excluding carboxylic acids is 2. The number of amides is 1. The zero-order chi connectivity index (χ0) is 61.4. The summed E-state index contributed by atoms with van der Waals surface area (Å²) in [6.45, 7) is 6.73. The lowest BCUT2D eigenvalue weighted by Gasteiger charge is -2.30. The molecule has 0 aliphatic rings. The summed E-state index contributed by atoms with van der Waals surface area (Å²) in [5.41, 5.74) is 0. The molecule has 3 atom stereocenters. The number of nitrogens with one attached hydrogen (secondary N) is 1. The van der Waals surface area contributed by atoms with Gasteiger partial charge >= 0.3 is 5.97 Å². The van der Waals surface area contributed by atoms with E-state index < -0.39 is 26.6 Å². The van der Waals surface area contributed by atoms with Crippen molar-refractivity contribution in [3.05, 3.63) is 85.1 Å². The van der Waals surface area contributed by atoms with Gasteiger partial charge in [0.1, 0.15) is 19.3 Å². The Morgan fingerprint density at radius 2 is 0.762 bits per heavy atom. The molecule has 0 bridgehead atoms. The predicted molar refractivity (Wildman–Crippen MR) is 362 cm³/mol. The van der Waals surface area contributed by atoms with E-state index in [9.17, 15) is 19.0 Å². The fraction of sp³-hybridized carbons (Fsp3) is 0.784. The standard InChI is InChI=1S/C74H135N2O7P/c1-7-10-13-16-19-22-25-28-30-32-34-36-37-38-39-41-43-45-47-49-52-55-58-61-64-67-74(78)83-72(65-62-59-56-53-50-27-24-21-18-15-12-9-3)71(70-82-84(79,80)81-69-68-76(4,5)6)75-73(77)66-63-60-57-54-51-48-46-44-42-40-35-33-31-29-26-23-20-17-14-11-8-2/h11,14,20,23,29,31,35,40,44,46,51,54,62,65,71-72H,7-10,12-13,15-19,21-22,24-28,30,32-34,36-39,41-43,45,47-50,52-53,55-61,63-64,66-70H2,1-6H3,(H-,75,77,79,80)/b14-11-,23-20-,31-29-,40-35-,46-44-,54-51-,65-62+. The topological polar surface area (TPSA) is 114 Å². The van der Waals surface area contributed by atoms with Crippen LogP contribution in [-0.2, 0) is 27.9 Å². The molecule has 3 unspecified atom stereocenters. The highest BCUT2D eigenvalue weighted by Crippen LogP contribution is 2.38. The Morgan fingerprint density at radius 1 is 0.429 bits per heavy atom. The number of quaternary nitrogens is 1. The van der Waals surface area contributed by atoms with E-state index >= 15 is 0 Å². The van der Waals surface area contributed by atoms with Gasteiger partial charge in [-0.2, -0.15) is 0 Å². The molecule has 0 heterocycles. The molecule has 1 amide bonds. The summed E-state index contributed by atoms with van der Waals surface area (Å²) in [4.78, 5) is 40.1. The molecule has 0 aromatic carbocycles. The Morgan fingerprint density at radius 3 is 1.15 bits per heavy atom. The molecule has 10 heteroatoms. The monoisotopic (exact) mass is 1200 g/mol. The second-order valence-corrected chi connectivity index (χ2v) is 26.4. The van der Waals surface area contributed by atoms with Crippen molar-refractivity contribution < 1.29 is 37.3 Å². The predicted octanol–water partition coefficient (Wildman–Crippen LogP) is 21.9. The summed E-state index contributed by atoms with van der Waals surface area (Å²) in [7, 11) is 1.16. The van der Waals surface area contributed by atoms with Crippen LogP contribution in [0.1, 0.15) is 323 Å². The number of rotatable bonds is 64. The van der Waals surface area contributed by atoms with Crippen molar-refractivity contribution in [2.75, 3.05) is 40.9 Å². The Bertz CT molecular complexity index is 1710. The van der Waals surface area contributed by atoms with E-state index in [0.29, 0.717) is 17.4 Å². The Balaban J connectivity index is 5.12. The summed E-state index contributed by atoms with van der Waals surface area (Å²) in [5, 5.41) is 3.02. The van der Waals surface area contributed by atoms with Gasteiger partial charge in [0.25, 0.3) is 7.82 Å². The van der Waals surface area contributed by atoms with Gasteiger partial charge in [-0.3, -0.25) is 14.2 Å². The third-order valence-corrected chi connectivity index (χ3v) is 16.6. The van der Waals surface area contributed by atoms with Gasteiger partial charge in [0.15, 0.2) is 0 Å². The number of hydrogen-bond donors (Lipinski definition) is 1. The van der Waals surface area contributed by atoms with Crippen LogP contribution in [0.3, 0.4) is 0 Å². The quantitative estimate of drug-likeness (QED) is 0.0212. The number of esters is 1. The van der Waals surface area contributed by atoms with Gasteiger partial charge in [-0.25, -0.2) is 0 Å². The van der Waals surface area contributed by atoms with Crippen molar-refractivity contribution in [1.29, 1.82) is 0 Å². The molecule has 0 aromatic heterocycles. The molecule has 1 N–H and O–H groups in total. The summed E-state index contributed by atoms with van der Waals surface area (Å²) in [6, 6.07) is -0.915. The lowest BCUT2D eigenvalue weighted by atomic mass is 10.0. The average molecular weight is 1200 g/mol. The first-order chi connectivity index (χ1) is 40.9. The van der Waals surface area contributed by atoms with Crippen LogP contribution in [0.15, 0.2) is 85.1 Å². The molecule has 0 aromatic rings. The Labute approximate surface area is 520 Å². The molecule has 488 valence electrons. The number of likely N-dealkylation sites (N-methyl/N-ethyl adjacent to an activating group) is 1. The zero-order valence-electron chi connectivity index (χ0n) is 55.8. The van der Waals surface area contributed by atoms with Crippen molar-refractivity contribution >= 4 is 19.7 Å². The Kier molecular flexibility index (Phi) is 61.1. The van der Waals surface area contributed by atoms with E-state index in [0.717, 1.165) is 89.9 Å². The first-order valence-electron chi connectivity index (χ1n) is 35.4. The summed E-state index contributed by atoms with van der Waals surface area (Å²) in [5.74, 6) is -0.583. The van der Waals surface area contributed by atoms with Crippen molar-refractivity contribution in [3.63, 3.8) is 0 Å². The number of ether oxygens (including phenoxy) is 1. The van der Waals surface area contributed by atoms with Gasteiger partial charge in [-0.05, 0) is 83.1 Å². The molecule has 0 saturated carbocycles. The largest absolute Gasteiger partial charge is 0.756 e. The molecular formula is C74H135N2O7P. The van der Waals surface area contributed by atoms with Gasteiger partial charge in [0, 0.05) is 12.8 Å². The maximum absolute atomic E-state index is 13.6. The van der Waals surface area contributed by atoms with Gasteiger partial charge in [-0.15, -0.1) is 0 Å². The van der Waals surface area contributed by atoms with E-state index in [4.69, 9.17) is 13.8 Å². The SMILES string of the molecule is CC/C=C\C/C=C\C/C=C\C/C=C\C/C=C\C/C=C\CCCCC(=O)NC(COP(=O)([O-])OCC[N+](C)(C)C)C(/C=C/CCCCCCCCCCCC)OC(=O)CCCCCCCCCCCCCCCCCCCCCCCCCCC. The molecule has 0 fully saturated rings. The average Bonchev–Trinajstić information content (AvgIpc) is 3.64. The number of nitrogens with zero attached hydrogens (tertiary/aromatic N) is 1. The van der Waals surface area contributed by atoms with Gasteiger partial charge in [-0.1, -0.05) is 312 Å². The van der Waals surface area contributed by atoms with Crippen LogP contribution < -0.4 is 10.2 Å². The van der Waals surface area contributed by atoms with E-state index in [1.165, 1.54) is 193 Å². The molecule has 0 spiro atoms. The van der Waals surface area contributed by atoms with Crippen molar-refractivity contribution in [2.45, 2.75) is 335 Å². The normalized spacial score (nSPS) is 14.0. The highest BCUT2D eigenvalue weighted by molar-refractivity contribution is 7.45. The van der Waals surface area contributed by atoms with Gasteiger partial charge in [0.2, 0.25) is 5.91 Å². The second kappa shape index (κ2) is 63.2. The van der Waals surface area contributed by atoms with E-state index in [1.54, 1.807) is 0 Å². The number of hydrogen-bond acceptors (Lipinski definition) is 7. The molecule has 9 nitrogen and oxygen atoms in total. The Hall–Kier alpha value is -2.81. The smallest absolute Gasteiger partial charge is 0.306 e. The zero-order valence-corrected chi connectivity index (χ0v) is 56.7. The van der Waals surface area contributed by atoms with Crippen LogP contribution >= 0.6 is 7.82 Å². The third-order valence-electron chi connectivity index (χ3n) is 15.6. The lowest BCUT2D eigenvalue weighted by Crippen LogP contribution is -2.47. The number of carbonyl (C=O) groups is 2. The molecule has 0 rings (SSSR count). The highest BCUT2D eigenvalue weighted by Gasteiger charge is 2.27. The maximum Gasteiger partial charge on any atom is 0.306 e. The summed E-state index contributed by atoms with van der Waals surface area (Å²) < 4.78 is 30.4.